The van der Waals surface area contributed by atoms with Crippen molar-refractivity contribution in [3.05, 3.63) is 21.9 Å². The van der Waals surface area contributed by atoms with Crippen LogP contribution in [0.25, 0.3) is 0 Å². The molecule has 3 unspecified atom stereocenters. The molecule has 3 nitrogen and oxygen atoms in total. The first-order chi connectivity index (χ1) is 9.52. The van der Waals surface area contributed by atoms with Crippen molar-refractivity contribution in [2.24, 2.45) is 5.73 Å². The molecule has 2 N–H and O–H groups in total. The van der Waals surface area contributed by atoms with E-state index in [4.69, 9.17) is 5.73 Å². The second-order valence-electron chi connectivity index (χ2n) is 6.17. The van der Waals surface area contributed by atoms with Crippen LogP contribution in [0.4, 0.5) is 0 Å². The van der Waals surface area contributed by atoms with Crippen LogP contribution < -0.4 is 5.73 Å². The minimum Gasteiger partial charge on any atom is -0.326 e. The summed E-state index contributed by atoms with van der Waals surface area (Å²) in [5, 5.41) is 0. The second-order valence-corrected chi connectivity index (χ2v) is 7.49. The fourth-order valence-electron chi connectivity index (χ4n) is 3.26. The third-order valence-corrected chi connectivity index (χ3v) is 5.46. The topological polar surface area (TPSA) is 32.5 Å². The van der Waals surface area contributed by atoms with Crippen LogP contribution in [0.2, 0.25) is 0 Å². The molecule has 1 saturated heterocycles. The van der Waals surface area contributed by atoms with E-state index in [2.05, 4.69) is 49.8 Å². The number of likely N-dealkylation sites (N-methyl/N-ethyl adjacent to an activating group) is 1. The van der Waals surface area contributed by atoms with Crippen LogP contribution in [0, 0.1) is 6.92 Å². The van der Waals surface area contributed by atoms with Crippen molar-refractivity contribution in [3.8, 4) is 0 Å². The van der Waals surface area contributed by atoms with E-state index in [-0.39, 0.29) is 6.04 Å². The molecule has 1 aromatic rings. The van der Waals surface area contributed by atoms with Crippen molar-refractivity contribution in [3.63, 3.8) is 0 Å². The van der Waals surface area contributed by atoms with Gasteiger partial charge in [-0.2, -0.15) is 0 Å². The van der Waals surface area contributed by atoms with Crippen LogP contribution >= 0.6 is 11.3 Å². The number of aryl methyl sites for hydroxylation is 1. The van der Waals surface area contributed by atoms with Crippen LogP contribution in [0.3, 0.4) is 0 Å². The van der Waals surface area contributed by atoms with Crippen LogP contribution in [0.15, 0.2) is 12.1 Å². The Morgan fingerprint density at radius 1 is 1.40 bits per heavy atom. The van der Waals surface area contributed by atoms with Crippen LogP contribution in [-0.2, 0) is 0 Å². The van der Waals surface area contributed by atoms with Gasteiger partial charge in [0.15, 0.2) is 0 Å². The van der Waals surface area contributed by atoms with Crippen LogP contribution in [-0.4, -0.2) is 48.6 Å². The Kier molecular flexibility index (Phi) is 5.61. The summed E-state index contributed by atoms with van der Waals surface area (Å²) in [6, 6.07) is 5.66. The number of rotatable bonds is 4. The van der Waals surface area contributed by atoms with E-state index in [1.807, 2.05) is 11.3 Å². The molecule has 0 amide bonds. The zero-order valence-corrected chi connectivity index (χ0v) is 14.1. The van der Waals surface area contributed by atoms with Crippen molar-refractivity contribution in [2.45, 2.75) is 51.7 Å². The third-order valence-electron chi connectivity index (χ3n) is 4.39. The van der Waals surface area contributed by atoms with Crippen molar-refractivity contribution in [2.75, 3.05) is 26.7 Å². The molecule has 1 aromatic heterocycles. The van der Waals surface area contributed by atoms with E-state index in [1.165, 1.54) is 22.7 Å². The van der Waals surface area contributed by atoms with Gasteiger partial charge < -0.3 is 10.6 Å². The first-order valence-electron chi connectivity index (χ1n) is 7.79. The lowest BCUT2D eigenvalue weighted by Crippen LogP contribution is -2.46. The Labute approximate surface area is 127 Å². The Morgan fingerprint density at radius 3 is 2.75 bits per heavy atom. The first-order valence-corrected chi connectivity index (χ1v) is 8.60. The summed E-state index contributed by atoms with van der Waals surface area (Å²) in [5.41, 5.74) is 6.49. The van der Waals surface area contributed by atoms with Crippen molar-refractivity contribution < 1.29 is 0 Å². The maximum atomic E-state index is 6.49. The largest absolute Gasteiger partial charge is 0.326 e. The highest BCUT2D eigenvalue weighted by molar-refractivity contribution is 7.12. The number of hydrogen-bond acceptors (Lipinski definition) is 4. The van der Waals surface area contributed by atoms with Gasteiger partial charge in [0.1, 0.15) is 0 Å². The fourth-order valence-corrected chi connectivity index (χ4v) is 4.33. The molecular weight excluding hydrogens is 266 g/mol. The molecule has 0 bridgehead atoms. The van der Waals surface area contributed by atoms with Gasteiger partial charge in [0.2, 0.25) is 0 Å². The highest BCUT2D eigenvalue weighted by Crippen LogP contribution is 2.33. The number of nitrogens with two attached hydrogens (primary N) is 1. The maximum absolute atomic E-state index is 6.49. The molecule has 0 aromatic carbocycles. The summed E-state index contributed by atoms with van der Waals surface area (Å²) in [6.45, 7) is 10.2. The summed E-state index contributed by atoms with van der Waals surface area (Å²) in [7, 11) is 2.23. The molecule has 20 heavy (non-hydrogen) atoms. The minimum absolute atomic E-state index is 0.221. The van der Waals surface area contributed by atoms with E-state index in [0.717, 1.165) is 19.5 Å². The summed E-state index contributed by atoms with van der Waals surface area (Å²) >= 11 is 1.91. The number of thiophene rings is 1. The SMILES string of the molecule is CCC(N)C(c1ccc(C)s1)N1CCCN(C)CC1C. The Hall–Kier alpha value is -0.420. The predicted octanol–water partition coefficient (Wildman–Crippen LogP) is 2.86. The van der Waals surface area contributed by atoms with Gasteiger partial charge in [0.25, 0.3) is 0 Å². The molecule has 0 spiro atoms. The first kappa shape index (κ1) is 16.0. The van der Waals surface area contributed by atoms with Gasteiger partial charge in [-0.25, -0.2) is 0 Å². The normalized spacial score (nSPS) is 25.4. The lowest BCUT2D eigenvalue weighted by Gasteiger charge is -2.38. The van der Waals surface area contributed by atoms with Gasteiger partial charge in [-0.3, -0.25) is 4.90 Å². The Balaban J connectivity index is 2.25. The van der Waals surface area contributed by atoms with Gasteiger partial charge in [-0.15, -0.1) is 11.3 Å². The molecule has 4 heteroatoms. The van der Waals surface area contributed by atoms with Crippen LogP contribution in [0.1, 0.15) is 42.5 Å². The van der Waals surface area contributed by atoms with Gasteiger partial charge in [0, 0.05) is 34.9 Å². The van der Waals surface area contributed by atoms with E-state index in [0.29, 0.717) is 12.1 Å². The number of nitrogens with zero attached hydrogens (tertiary/aromatic N) is 2. The van der Waals surface area contributed by atoms with E-state index in [9.17, 15) is 0 Å². The molecule has 2 rings (SSSR count). The number of hydrogen-bond donors (Lipinski definition) is 1. The predicted molar refractivity (Wildman–Crippen MR) is 88.3 cm³/mol. The van der Waals surface area contributed by atoms with Crippen molar-refractivity contribution >= 4 is 11.3 Å². The molecule has 2 heterocycles. The third kappa shape index (κ3) is 3.61. The summed E-state index contributed by atoms with van der Waals surface area (Å²) in [5.74, 6) is 0. The maximum Gasteiger partial charge on any atom is 0.0596 e. The van der Waals surface area contributed by atoms with Gasteiger partial charge in [-0.1, -0.05) is 6.92 Å². The van der Waals surface area contributed by atoms with Crippen molar-refractivity contribution in [1.82, 2.24) is 9.80 Å². The molecule has 1 aliphatic rings. The highest BCUT2D eigenvalue weighted by atomic mass is 32.1. The summed E-state index contributed by atoms with van der Waals surface area (Å²) in [4.78, 5) is 7.91. The average molecular weight is 295 g/mol. The van der Waals surface area contributed by atoms with E-state index in [1.54, 1.807) is 0 Å². The lowest BCUT2D eigenvalue weighted by molar-refractivity contribution is 0.124. The van der Waals surface area contributed by atoms with Gasteiger partial charge >= 0.3 is 0 Å². The molecule has 0 saturated carbocycles. The second kappa shape index (κ2) is 7.03. The van der Waals surface area contributed by atoms with Crippen LogP contribution in [0.5, 0.6) is 0 Å². The molecule has 0 aliphatic carbocycles. The van der Waals surface area contributed by atoms with E-state index >= 15 is 0 Å². The Bertz CT molecular complexity index is 418. The molecule has 1 aliphatic heterocycles. The summed E-state index contributed by atoms with van der Waals surface area (Å²) < 4.78 is 0. The van der Waals surface area contributed by atoms with E-state index < -0.39 is 0 Å². The molecule has 114 valence electrons. The smallest absolute Gasteiger partial charge is 0.0596 e. The minimum atomic E-state index is 0.221. The summed E-state index contributed by atoms with van der Waals surface area (Å²) in [6.07, 6.45) is 2.26. The Morgan fingerprint density at radius 2 is 2.15 bits per heavy atom. The molecule has 0 radical (unpaired) electrons. The lowest BCUT2D eigenvalue weighted by atomic mass is 10.0. The highest BCUT2D eigenvalue weighted by Gasteiger charge is 2.31. The zero-order valence-electron chi connectivity index (χ0n) is 13.3. The standard InChI is InChI=1S/C16H29N3S/c1-5-14(17)16(15-8-7-13(3)20-15)19-10-6-9-18(4)11-12(19)2/h7-8,12,14,16H,5-6,9-11,17H2,1-4H3. The zero-order chi connectivity index (χ0) is 14.7. The average Bonchev–Trinajstić information content (AvgIpc) is 2.75. The molecule has 1 fully saturated rings. The molecule has 3 atom stereocenters. The van der Waals surface area contributed by atoms with Crippen molar-refractivity contribution in [1.29, 1.82) is 0 Å². The monoisotopic (exact) mass is 295 g/mol. The van der Waals surface area contributed by atoms with Gasteiger partial charge in [0.05, 0.1) is 6.04 Å². The van der Waals surface area contributed by atoms with Gasteiger partial charge in [-0.05, 0) is 52.4 Å². The quantitative estimate of drug-likeness (QED) is 0.927. The fraction of sp³-hybridized carbons (Fsp3) is 0.750. The molecular formula is C16H29N3S.